The molecule has 1 unspecified atom stereocenters. The van der Waals surface area contributed by atoms with Crippen LogP contribution in [0.25, 0.3) is 0 Å². The van der Waals surface area contributed by atoms with Gasteiger partial charge in [-0.15, -0.1) is 0 Å². The van der Waals surface area contributed by atoms with Crippen molar-refractivity contribution in [3.8, 4) is 5.75 Å². The Morgan fingerprint density at radius 3 is 2.27 bits per heavy atom. The summed E-state index contributed by atoms with van der Waals surface area (Å²) in [4.78, 5) is 23.9. The number of carbonyl (C=O) groups excluding carboxylic acids is 1. The maximum atomic E-state index is 15.1. The van der Waals surface area contributed by atoms with Crippen molar-refractivity contribution >= 4 is 45.3 Å². The van der Waals surface area contributed by atoms with E-state index in [0.29, 0.717) is 42.0 Å². The predicted molar refractivity (Wildman–Crippen MR) is 150 cm³/mol. The Labute approximate surface area is 243 Å². The summed E-state index contributed by atoms with van der Waals surface area (Å²) in [6.07, 6.45) is 4.43. The zero-order valence-corrected chi connectivity index (χ0v) is 24.4. The van der Waals surface area contributed by atoms with Crippen molar-refractivity contribution in [1.82, 2.24) is 13.9 Å². The number of aliphatic carboxylic acids is 1. The summed E-state index contributed by atoms with van der Waals surface area (Å²) in [5.41, 5.74) is 1.50. The van der Waals surface area contributed by atoms with Gasteiger partial charge in [0, 0.05) is 43.1 Å². The summed E-state index contributed by atoms with van der Waals surface area (Å²) in [7, 11) is -3.95. The lowest BCUT2D eigenvalue weighted by Gasteiger charge is -2.33. The van der Waals surface area contributed by atoms with Crippen molar-refractivity contribution in [2.45, 2.75) is 57.6 Å². The molecule has 2 aromatic rings. The van der Waals surface area contributed by atoms with E-state index in [0.717, 1.165) is 56.7 Å². The highest BCUT2D eigenvalue weighted by molar-refractivity contribution is 7.87. The number of carboxylic acids is 1. The molecule has 1 amide bonds. The van der Waals surface area contributed by atoms with Crippen molar-refractivity contribution in [3.63, 3.8) is 0 Å². The number of amides is 1. The van der Waals surface area contributed by atoms with Crippen LogP contribution < -0.4 is 9.46 Å². The van der Waals surface area contributed by atoms with Gasteiger partial charge in [-0.2, -0.15) is 12.7 Å². The fourth-order valence-corrected chi connectivity index (χ4v) is 6.48. The van der Waals surface area contributed by atoms with Crippen LogP contribution in [0.3, 0.4) is 0 Å². The molecule has 1 atom stereocenters. The molecule has 218 valence electrons. The van der Waals surface area contributed by atoms with Gasteiger partial charge in [-0.1, -0.05) is 23.2 Å². The second-order valence-electron chi connectivity index (χ2n) is 10.2. The molecule has 9 nitrogen and oxygen atoms in total. The van der Waals surface area contributed by atoms with Gasteiger partial charge in [0.1, 0.15) is 17.7 Å². The number of ether oxygens (including phenoxy) is 1. The molecule has 2 N–H and O–H groups in total. The molecule has 1 aliphatic carbocycles. The lowest BCUT2D eigenvalue weighted by molar-refractivity contribution is -0.134. The van der Waals surface area contributed by atoms with Gasteiger partial charge >= 0.3 is 10.2 Å². The second-order valence-corrected chi connectivity index (χ2v) is 12.8. The number of nitrogens with one attached hydrogen (secondary N) is 1. The summed E-state index contributed by atoms with van der Waals surface area (Å²) < 4.78 is 49.0. The lowest BCUT2D eigenvalue weighted by Crippen LogP contribution is -2.49. The van der Waals surface area contributed by atoms with Crippen LogP contribution in [0, 0.1) is 5.82 Å². The van der Waals surface area contributed by atoms with Crippen molar-refractivity contribution < 1.29 is 32.2 Å². The van der Waals surface area contributed by atoms with Crippen LogP contribution in [0.4, 0.5) is 4.39 Å². The smallest absolute Gasteiger partial charge is 0.304 e. The fourth-order valence-electron chi connectivity index (χ4n) is 4.76. The minimum absolute atomic E-state index is 0.0562. The normalized spacial score (nSPS) is 19.6. The van der Waals surface area contributed by atoms with Crippen LogP contribution in [0.5, 0.6) is 5.75 Å². The first-order valence-electron chi connectivity index (χ1n) is 13.1. The minimum atomic E-state index is -3.95. The molecular weight excluding hydrogens is 584 g/mol. The molecule has 2 saturated heterocycles. The number of halogens is 3. The summed E-state index contributed by atoms with van der Waals surface area (Å²) >= 11 is 12.2. The first kappa shape index (κ1) is 30.5. The zero-order chi connectivity index (χ0) is 29.0. The molecule has 2 aliphatic heterocycles. The van der Waals surface area contributed by atoms with Crippen LogP contribution in [0.15, 0.2) is 30.3 Å². The van der Waals surface area contributed by atoms with E-state index in [4.69, 9.17) is 37.8 Å². The number of rotatable bonds is 8. The lowest BCUT2D eigenvalue weighted by atomic mass is 9.97. The molecule has 40 heavy (non-hydrogen) atoms. The van der Waals surface area contributed by atoms with Crippen LogP contribution in [0.2, 0.25) is 10.0 Å². The molecule has 2 heterocycles. The Balaban J connectivity index is 0.000000867. The number of likely N-dealkylation sites (tertiary alicyclic amines) is 1. The highest BCUT2D eigenvalue weighted by Crippen LogP contribution is 2.43. The molecule has 13 heteroatoms. The topological polar surface area (TPSA) is 116 Å². The molecule has 2 aromatic carbocycles. The number of benzene rings is 2. The van der Waals surface area contributed by atoms with Crippen LogP contribution in [-0.2, 0) is 21.5 Å². The van der Waals surface area contributed by atoms with E-state index in [2.05, 4.69) is 4.90 Å². The van der Waals surface area contributed by atoms with Gasteiger partial charge in [-0.05, 0) is 86.0 Å². The third-order valence-electron chi connectivity index (χ3n) is 6.86. The average Bonchev–Trinajstić information content (AvgIpc) is 3.61. The average molecular weight is 617 g/mol. The molecule has 0 radical (unpaired) electrons. The van der Waals surface area contributed by atoms with E-state index >= 15 is 4.39 Å². The van der Waals surface area contributed by atoms with E-state index in [1.54, 1.807) is 18.2 Å². The Morgan fingerprint density at radius 2 is 1.70 bits per heavy atom. The van der Waals surface area contributed by atoms with Gasteiger partial charge in [0.25, 0.3) is 11.9 Å². The molecule has 5 rings (SSSR count). The fraction of sp³-hybridized carbons (Fsp3) is 0.481. The Kier molecular flexibility index (Phi) is 9.94. The standard InChI is InChI=1S/C25H28Cl2FN3O4S.C2H4O2/c26-18-10-19(27)12-21(11-18)35-20-3-1-6-30(15-20)14-17-9-24(28)23(13-22(17)16-4-5-16)25(32)29-36(33,34)31-7-2-8-31;1-2(3)4/h9-13,16,20H,1-8,14-15H2,(H,29,32);1H3,(H,3,4). The van der Waals surface area contributed by atoms with Crippen molar-refractivity contribution in [2.24, 2.45) is 0 Å². The van der Waals surface area contributed by atoms with E-state index in [1.807, 2.05) is 4.72 Å². The Bertz CT molecular complexity index is 1340. The number of hydrogen-bond acceptors (Lipinski definition) is 6. The summed E-state index contributed by atoms with van der Waals surface area (Å²) in [6.45, 7) is 3.84. The van der Waals surface area contributed by atoms with Crippen LogP contribution in [0.1, 0.15) is 66.4 Å². The number of hydrogen-bond donors (Lipinski definition) is 2. The van der Waals surface area contributed by atoms with Gasteiger partial charge in [-0.3, -0.25) is 14.5 Å². The largest absolute Gasteiger partial charge is 0.489 e. The van der Waals surface area contributed by atoms with Crippen molar-refractivity contribution in [2.75, 3.05) is 26.2 Å². The molecular formula is C27H32Cl2FN3O6S. The maximum absolute atomic E-state index is 15.1. The van der Waals surface area contributed by atoms with E-state index in [9.17, 15) is 13.2 Å². The van der Waals surface area contributed by atoms with E-state index in [-0.39, 0.29) is 17.6 Å². The SMILES string of the molecule is CC(=O)O.O=C(NS(=O)(=O)N1CCC1)c1cc(C2CC2)c(CN2CCCC(Oc3cc(Cl)cc(Cl)c3)C2)cc1F. The third kappa shape index (κ3) is 8.29. The highest BCUT2D eigenvalue weighted by atomic mass is 35.5. The third-order valence-corrected chi connectivity index (χ3v) is 8.79. The first-order valence-corrected chi connectivity index (χ1v) is 15.3. The van der Waals surface area contributed by atoms with E-state index < -0.39 is 27.9 Å². The highest BCUT2D eigenvalue weighted by Gasteiger charge is 2.33. The molecule has 0 spiro atoms. The molecule has 1 saturated carbocycles. The first-order chi connectivity index (χ1) is 18.9. The zero-order valence-electron chi connectivity index (χ0n) is 22.0. The van der Waals surface area contributed by atoms with E-state index in [1.165, 1.54) is 16.4 Å². The van der Waals surface area contributed by atoms with Gasteiger partial charge in [0.15, 0.2) is 0 Å². The number of carboxylic acid groups (broad SMARTS) is 1. The number of nitrogens with zero attached hydrogens (tertiary/aromatic N) is 2. The predicted octanol–water partition coefficient (Wildman–Crippen LogP) is 4.82. The van der Waals surface area contributed by atoms with Crippen molar-refractivity contribution in [1.29, 1.82) is 0 Å². The monoisotopic (exact) mass is 615 g/mol. The summed E-state index contributed by atoms with van der Waals surface area (Å²) in [5.74, 6) is -1.61. The van der Waals surface area contributed by atoms with Crippen LogP contribution >= 0.6 is 23.2 Å². The Morgan fingerprint density at radius 1 is 1.05 bits per heavy atom. The summed E-state index contributed by atoms with van der Waals surface area (Å²) in [6, 6.07) is 8.05. The summed E-state index contributed by atoms with van der Waals surface area (Å²) in [5, 5.41) is 8.44. The maximum Gasteiger partial charge on any atom is 0.304 e. The second kappa shape index (κ2) is 13.0. The van der Waals surface area contributed by atoms with Gasteiger partial charge in [-0.25, -0.2) is 9.11 Å². The number of carbonyl (C=O) groups is 2. The molecule has 0 bridgehead atoms. The van der Waals surface area contributed by atoms with Gasteiger partial charge in [0.05, 0.1) is 5.56 Å². The quantitative estimate of drug-likeness (QED) is 0.437. The number of piperidine rings is 1. The van der Waals surface area contributed by atoms with Crippen molar-refractivity contribution in [3.05, 3.63) is 62.9 Å². The Hall–Kier alpha value is -2.44. The molecule has 3 fully saturated rings. The van der Waals surface area contributed by atoms with Crippen LogP contribution in [-0.4, -0.2) is 66.9 Å². The molecule has 0 aromatic heterocycles. The van der Waals surface area contributed by atoms with Gasteiger partial charge < -0.3 is 9.84 Å². The molecule has 3 aliphatic rings. The van der Waals surface area contributed by atoms with Gasteiger partial charge in [0.2, 0.25) is 0 Å². The minimum Gasteiger partial charge on any atom is -0.489 e.